The second-order valence-electron chi connectivity index (χ2n) is 6.43. The number of nitrogens with zero attached hydrogens (tertiary/aromatic N) is 5. The fourth-order valence-electron chi connectivity index (χ4n) is 3.60. The molecule has 3 heterocycles. The highest BCUT2D eigenvalue weighted by atomic mass is 35.5. The van der Waals surface area contributed by atoms with Crippen molar-refractivity contribution in [1.82, 2.24) is 14.7 Å². The first kappa shape index (κ1) is 16.0. The summed E-state index contributed by atoms with van der Waals surface area (Å²) in [6, 6.07) is 17.8. The lowest BCUT2D eigenvalue weighted by atomic mass is 9.95. The molecule has 6 heteroatoms. The van der Waals surface area contributed by atoms with Crippen LogP contribution in [0.3, 0.4) is 0 Å². The summed E-state index contributed by atoms with van der Waals surface area (Å²) in [5.74, 6) is 1.43. The van der Waals surface area contributed by atoms with Crippen LogP contribution in [0.25, 0.3) is 5.69 Å². The zero-order chi connectivity index (χ0) is 18.4. The molecular formula is C21H16ClN5. The van der Waals surface area contributed by atoms with E-state index >= 15 is 0 Å². The summed E-state index contributed by atoms with van der Waals surface area (Å²) in [5, 5.41) is 5.50. The molecule has 0 bridgehead atoms. The summed E-state index contributed by atoms with van der Waals surface area (Å²) in [6.45, 7) is 2.01. The molecule has 1 unspecified atom stereocenters. The highest BCUT2D eigenvalue weighted by Crippen LogP contribution is 2.44. The van der Waals surface area contributed by atoms with E-state index in [0.717, 1.165) is 28.3 Å². The van der Waals surface area contributed by atoms with Crippen LogP contribution in [0.1, 0.15) is 22.9 Å². The van der Waals surface area contributed by atoms with E-state index in [9.17, 15) is 0 Å². The monoisotopic (exact) mass is 373 g/mol. The largest absolute Gasteiger partial charge is 0.305 e. The van der Waals surface area contributed by atoms with E-state index in [1.807, 2.05) is 83.4 Å². The Balaban J connectivity index is 1.79. The zero-order valence-corrected chi connectivity index (χ0v) is 15.4. The molecular weight excluding hydrogens is 358 g/mol. The number of allylic oxidation sites excluding steroid dienone is 1. The molecule has 0 aliphatic carbocycles. The SMILES string of the molecule is Cc1nn(-c2ccccc2)c2c1C(c1ccccc1Cl)N1C=CC=NC1=N2. The molecule has 0 spiro atoms. The van der Waals surface area contributed by atoms with E-state index in [1.165, 1.54) is 0 Å². The lowest BCUT2D eigenvalue weighted by Gasteiger charge is -2.34. The summed E-state index contributed by atoms with van der Waals surface area (Å²) in [6.07, 6.45) is 5.65. The normalized spacial score (nSPS) is 17.5. The molecule has 1 aromatic heterocycles. The van der Waals surface area contributed by atoms with Gasteiger partial charge in [0.2, 0.25) is 5.96 Å². The number of guanidine groups is 1. The van der Waals surface area contributed by atoms with E-state index in [-0.39, 0.29) is 6.04 Å². The third-order valence-electron chi connectivity index (χ3n) is 4.79. The molecule has 1 atom stereocenters. The van der Waals surface area contributed by atoms with E-state index in [0.29, 0.717) is 11.0 Å². The highest BCUT2D eigenvalue weighted by Gasteiger charge is 2.36. The first-order chi connectivity index (χ1) is 13.2. The molecule has 2 aromatic carbocycles. The highest BCUT2D eigenvalue weighted by molar-refractivity contribution is 6.31. The van der Waals surface area contributed by atoms with Gasteiger partial charge in [-0.2, -0.15) is 10.1 Å². The molecule has 0 amide bonds. The quantitative estimate of drug-likeness (QED) is 0.646. The van der Waals surface area contributed by atoms with Crippen molar-refractivity contribution in [1.29, 1.82) is 0 Å². The number of benzene rings is 2. The van der Waals surface area contributed by atoms with Crippen molar-refractivity contribution in [3.8, 4) is 5.69 Å². The number of fused-ring (bicyclic) bond motifs is 2. The second-order valence-corrected chi connectivity index (χ2v) is 6.84. The number of halogens is 1. The first-order valence-electron chi connectivity index (χ1n) is 8.71. The van der Waals surface area contributed by atoms with E-state index < -0.39 is 0 Å². The zero-order valence-electron chi connectivity index (χ0n) is 14.6. The summed E-state index contributed by atoms with van der Waals surface area (Å²) < 4.78 is 1.88. The lowest BCUT2D eigenvalue weighted by Crippen LogP contribution is -2.34. The van der Waals surface area contributed by atoms with Gasteiger partial charge in [-0.3, -0.25) is 0 Å². The van der Waals surface area contributed by atoms with E-state index in [1.54, 1.807) is 6.21 Å². The number of aliphatic imine (C=N–C) groups is 2. The molecule has 2 aliphatic rings. The average molecular weight is 374 g/mol. The van der Waals surface area contributed by atoms with Crippen molar-refractivity contribution < 1.29 is 0 Å². The number of hydrogen-bond acceptors (Lipinski definition) is 4. The minimum Gasteiger partial charge on any atom is -0.305 e. The van der Waals surface area contributed by atoms with Gasteiger partial charge in [-0.1, -0.05) is 48.0 Å². The number of aromatic nitrogens is 2. The Morgan fingerprint density at radius 1 is 1.00 bits per heavy atom. The van der Waals surface area contributed by atoms with Gasteiger partial charge in [-0.05, 0) is 36.8 Å². The maximum absolute atomic E-state index is 6.58. The number of para-hydroxylation sites is 1. The van der Waals surface area contributed by atoms with Gasteiger partial charge in [0.15, 0.2) is 5.82 Å². The standard InChI is InChI=1S/C21H16ClN5/c1-14-18-19(16-10-5-6-11-17(16)22)26-13-7-12-23-21(26)24-20(18)27(25-14)15-8-3-2-4-9-15/h2-13,19H,1H3. The van der Waals surface area contributed by atoms with Crippen molar-refractivity contribution in [2.45, 2.75) is 13.0 Å². The summed E-state index contributed by atoms with van der Waals surface area (Å²) in [4.78, 5) is 11.3. The van der Waals surface area contributed by atoms with Gasteiger partial charge in [0.25, 0.3) is 0 Å². The Labute approximate surface area is 161 Å². The van der Waals surface area contributed by atoms with Crippen molar-refractivity contribution in [2.24, 2.45) is 9.98 Å². The molecule has 0 saturated carbocycles. The number of rotatable bonds is 2. The van der Waals surface area contributed by atoms with Gasteiger partial charge in [-0.25, -0.2) is 9.67 Å². The Morgan fingerprint density at radius 3 is 2.59 bits per heavy atom. The molecule has 27 heavy (non-hydrogen) atoms. The molecule has 0 fully saturated rings. The second kappa shape index (κ2) is 6.21. The smallest absolute Gasteiger partial charge is 0.232 e. The molecule has 0 radical (unpaired) electrons. The molecule has 3 aromatic rings. The number of hydrogen-bond donors (Lipinski definition) is 0. The van der Waals surface area contributed by atoms with E-state index in [4.69, 9.17) is 21.7 Å². The maximum Gasteiger partial charge on any atom is 0.232 e. The Hall–Kier alpha value is -3.18. The molecule has 5 rings (SSSR count). The Kier molecular flexibility index (Phi) is 3.69. The Bertz CT molecular complexity index is 1110. The first-order valence-corrected chi connectivity index (χ1v) is 9.09. The van der Waals surface area contributed by atoms with Crippen LogP contribution in [0.15, 0.2) is 76.9 Å². The summed E-state index contributed by atoms with van der Waals surface area (Å²) in [7, 11) is 0. The topological polar surface area (TPSA) is 45.8 Å². The molecule has 2 aliphatic heterocycles. The van der Waals surface area contributed by atoms with E-state index in [2.05, 4.69) is 4.99 Å². The minimum absolute atomic E-state index is 0.132. The molecule has 5 nitrogen and oxygen atoms in total. The van der Waals surface area contributed by atoms with Gasteiger partial charge in [0.05, 0.1) is 17.4 Å². The van der Waals surface area contributed by atoms with Crippen LogP contribution in [0.2, 0.25) is 5.02 Å². The summed E-state index contributed by atoms with van der Waals surface area (Å²) >= 11 is 6.58. The molecule has 0 N–H and O–H groups in total. The van der Waals surface area contributed by atoms with Gasteiger partial charge < -0.3 is 4.90 Å². The molecule has 0 saturated heterocycles. The van der Waals surface area contributed by atoms with Gasteiger partial charge >= 0.3 is 0 Å². The van der Waals surface area contributed by atoms with Crippen LogP contribution in [0.4, 0.5) is 5.82 Å². The fourth-order valence-corrected chi connectivity index (χ4v) is 3.84. The predicted molar refractivity (Wildman–Crippen MR) is 108 cm³/mol. The summed E-state index contributed by atoms with van der Waals surface area (Å²) in [5.41, 5.74) is 3.93. The third kappa shape index (κ3) is 2.51. The lowest BCUT2D eigenvalue weighted by molar-refractivity contribution is 0.456. The van der Waals surface area contributed by atoms with Gasteiger partial charge in [0, 0.05) is 23.0 Å². The fraction of sp³-hybridized carbons (Fsp3) is 0.0952. The van der Waals surface area contributed by atoms with Crippen LogP contribution in [0, 0.1) is 6.92 Å². The minimum atomic E-state index is -0.132. The van der Waals surface area contributed by atoms with Crippen molar-refractivity contribution in [3.05, 3.63) is 88.7 Å². The van der Waals surface area contributed by atoms with Crippen molar-refractivity contribution >= 4 is 29.6 Å². The predicted octanol–water partition coefficient (Wildman–Crippen LogP) is 4.82. The van der Waals surface area contributed by atoms with Gasteiger partial charge in [-0.15, -0.1) is 0 Å². The Morgan fingerprint density at radius 2 is 1.78 bits per heavy atom. The number of aryl methyl sites for hydroxylation is 1. The third-order valence-corrected chi connectivity index (χ3v) is 5.14. The average Bonchev–Trinajstić information content (AvgIpc) is 3.04. The van der Waals surface area contributed by atoms with Crippen LogP contribution >= 0.6 is 11.6 Å². The van der Waals surface area contributed by atoms with Crippen LogP contribution in [-0.4, -0.2) is 26.9 Å². The van der Waals surface area contributed by atoms with Crippen molar-refractivity contribution in [3.63, 3.8) is 0 Å². The maximum atomic E-state index is 6.58. The molecule has 132 valence electrons. The van der Waals surface area contributed by atoms with Gasteiger partial charge in [0.1, 0.15) is 0 Å². The van der Waals surface area contributed by atoms with Crippen molar-refractivity contribution in [2.75, 3.05) is 0 Å². The van der Waals surface area contributed by atoms with Crippen LogP contribution in [-0.2, 0) is 0 Å². The van der Waals surface area contributed by atoms with Crippen LogP contribution < -0.4 is 0 Å². The van der Waals surface area contributed by atoms with Crippen LogP contribution in [0.5, 0.6) is 0 Å².